The van der Waals surface area contributed by atoms with Crippen LogP contribution < -0.4 is 10.2 Å². The van der Waals surface area contributed by atoms with E-state index in [1.165, 1.54) is 6.20 Å². The molecule has 0 aliphatic heterocycles. The number of aromatic nitrogens is 1. The Morgan fingerprint density at radius 1 is 1.50 bits per heavy atom. The fourth-order valence-corrected chi connectivity index (χ4v) is 1.36. The fraction of sp³-hybridized carbons (Fsp3) is 0.462. The standard InChI is InChI=1S/C13H19N3O2/c1-10(2)6-15-13(18)8-16(3)12-5-4-11(9-17)7-14-12/h4-5,7,9-10H,6,8H2,1-3H3,(H,15,18). The van der Waals surface area contributed by atoms with Crippen LogP contribution in [-0.2, 0) is 4.79 Å². The molecule has 0 bridgehead atoms. The zero-order valence-electron chi connectivity index (χ0n) is 11.0. The molecule has 0 fully saturated rings. The van der Waals surface area contributed by atoms with Gasteiger partial charge in [0.25, 0.3) is 0 Å². The van der Waals surface area contributed by atoms with Gasteiger partial charge < -0.3 is 10.2 Å². The Bertz CT molecular complexity index is 401. The predicted octanol–water partition coefficient (Wildman–Crippen LogP) is 1.10. The molecule has 1 aromatic heterocycles. The topological polar surface area (TPSA) is 62.3 Å². The Kier molecular flexibility index (Phi) is 5.30. The van der Waals surface area contributed by atoms with Crippen LogP contribution in [0.25, 0.3) is 0 Å². The zero-order chi connectivity index (χ0) is 13.5. The summed E-state index contributed by atoms with van der Waals surface area (Å²) in [5.41, 5.74) is 0.524. The van der Waals surface area contributed by atoms with E-state index in [4.69, 9.17) is 0 Å². The maximum atomic E-state index is 11.6. The number of nitrogens with zero attached hydrogens (tertiary/aromatic N) is 2. The lowest BCUT2D eigenvalue weighted by Crippen LogP contribution is -2.37. The van der Waals surface area contributed by atoms with Crippen LogP contribution in [0.4, 0.5) is 5.82 Å². The lowest BCUT2D eigenvalue weighted by Gasteiger charge is -2.18. The van der Waals surface area contributed by atoms with E-state index in [-0.39, 0.29) is 12.5 Å². The van der Waals surface area contributed by atoms with Gasteiger partial charge in [-0.25, -0.2) is 4.98 Å². The molecule has 98 valence electrons. The number of amides is 1. The number of anilines is 1. The van der Waals surface area contributed by atoms with E-state index < -0.39 is 0 Å². The SMILES string of the molecule is CC(C)CNC(=O)CN(C)c1ccc(C=O)cn1. The second kappa shape index (κ2) is 6.74. The fourth-order valence-electron chi connectivity index (χ4n) is 1.36. The zero-order valence-corrected chi connectivity index (χ0v) is 11.0. The van der Waals surface area contributed by atoms with Gasteiger partial charge in [-0.05, 0) is 18.1 Å². The number of nitrogens with one attached hydrogen (secondary N) is 1. The quantitative estimate of drug-likeness (QED) is 0.767. The largest absolute Gasteiger partial charge is 0.354 e. The highest BCUT2D eigenvalue weighted by Gasteiger charge is 2.08. The van der Waals surface area contributed by atoms with Crippen molar-refractivity contribution in [2.45, 2.75) is 13.8 Å². The van der Waals surface area contributed by atoms with Gasteiger partial charge in [-0.15, -0.1) is 0 Å². The molecule has 0 saturated carbocycles. The number of hydrogen-bond donors (Lipinski definition) is 1. The minimum atomic E-state index is -0.0348. The maximum Gasteiger partial charge on any atom is 0.239 e. The first-order valence-electron chi connectivity index (χ1n) is 5.92. The van der Waals surface area contributed by atoms with Crippen molar-refractivity contribution in [3.05, 3.63) is 23.9 Å². The first kappa shape index (κ1) is 14.2. The van der Waals surface area contributed by atoms with Gasteiger partial charge in [0.15, 0.2) is 6.29 Å². The number of aldehydes is 1. The van der Waals surface area contributed by atoms with Gasteiger partial charge in [-0.1, -0.05) is 13.8 Å². The van der Waals surface area contributed by atoms with E-state index in [2.05, 4.69) is 10.3 Å². The molecule has 1 rings (SSSR count). The Balaban J connectivity index is 2.50. The third-order valence-electron chi connectivity index (χ3n) is 2.39. The Morgan fingerprint density at radius 3 is 2.72 bits per heavy atom. The summed E-state index contributed by atoms with van der Waals surface area (Å²) in [5, 5.41) is 2.84. The van der Waals surface area contributed by atoms with Gasteiger partial charge in [0.05, 0.1) is 6.54 Å². The molecular weight excluding hydrogens is 230 g/mol. The van der Waals surface area contributed by atoms with Crippen LogP contribution in [0, 0.1) is 5.92 Å². The van der Waals surface area contributed by atoms with Crippen molar-refractivity contribution in [1.82, 2.24) is 10.3 Å². The summed E-state index contributed by atoms with van der Waals surface area (Å²) >= 11 is 0. The minimum Gasteiger partial charge on any atom is -0.354 e. The van der Waals surface area contributed by atoms with Crippen LogP contribution in [-0.4, -0.2) is 37.3 Å². The van der Waals surface area contributed by atoms with Crippen molar-refractivity contribution in [1.29, 1.82) is 0 Å². The first-order valence-corrected chi connectivity index (χ1v) is 5.92. The molecule has 5 nitrogen and oxygen atoms in total. The molecule has 18 heavy (non-hydrogen) atoms. The molecule has 1 heterocycles. The number of rotatable bonds is 6. The molecule has 1 amide bonds. The van der Waals surface area contributed by atoms with E-state index in [1.54, 1.807) is 24.1 Å². The molecule has 0 aliphatic carbocycles. The summed E-state index contributed by atoms with van der Waals surface area (Å²) in [5.74, 6) is 1.07. The molecule has 0 atom stereocenters. The molecule has 0 aliphatic rings. The van der Waals surface area contributed by atoms with Gasteiger partial charge in [-0.3, -0.25) is 9.59 Å². The van der Waals surface area contributed by atoms with Crippen molar-refractivity contribution in [3.8, 4) is 0 Å². The van der Waals surface area contributed by atoms with Gasteiger partial charge in [-0.2, -0.15) is 0 Å². The predicted molar refractivity (Wildman–Crippen MR) is 70.7 cm³/mol. The average Bonchev–Trinajstić information content (AvgIpc) is 2.36. The third kappa shape index (κ3) is 4.53. The van der Waals surface area contributed by atoms with Crippen molar-refractivity contribution in [2.24, 2.45) is 5.92 Å². The van der Waals surface area contributed by atoms with Gasteiger partial charge in [0, 0.05) is 25.4 Å². The van der Waals surface area contributed by atoms with E-state index in [1.807, 2.05) is 13.8 Å². The summed E-state index contributed by atoms with van der Waals surface area (Å²) in [6, 6.07) is 3.40. The number of hydrogen-bond acceptors (Lipinski definition) is 4. The van der Waals surface area contributed by atoms with Crippen molar-refractivity contribution < 1.29 is 9.59 Å². The molecule has 0 spiro atoms. The summed E-state index contributed by atoms with van der Waals surface area (Å²) in [4.78, 5) is 28.0. The van der Waals surface area contributed by atoms with Crippen LogP contribution in [0.15, 0.2) is 18.3 Å². The van der Waals surface area contributed by atoms with E-state index in [0.29, 0.717) is 23.8 Å². The lowest BCUT2D eigenvalue weighted by atomic mass is 10.2. The molecule has 0 saturated heterocycles. The van der Waals surface area contributed by atoms with Crippen LogP contribution in [0.2, 0.25) is 0 Å². The number of carbonyl (C=O) groups is 2. The first-order chi connectivity index (χ1) is 8.52. The number of pyridine rings is 1. The summed E-state index contributed by atoms with van der Waals surface area (Å²) in [6.45, 7) is 5.01. The number of likely N-dealkylation sites (N-methyl/N-ethyl adjacent to an activating group) is 1. The van der Waals surface area contributed by atoms with Crippen LogP contribution in [0.1, 0.15) is 24.2 Å². The summed E-state index contributed by atoms with van der Waals surface area (Å²) < 4.78 is 0. The maximum absolute atomic E-state index is 11.6. The molecule has 0 unspecified atom stereocenters. The van der Waals surface area contributed by atoms with E-state index in [0.717, 1.165) is 6.29 Å². The summed E-state index contributed by atoms with van der Waals surface area (Å²) in [7, 11) is 1.79. The second-order valence-corrected chi connectivity index (χ2v) is 4.62. The van der Waals surface area contributed by atoms with Gasteiger partial charge >= 0.3 is 0 Å². The highest BCUT2D eigenvalue weighted by molar-refractivity contribution is 5.81. The average molecular weight is 249 g/mol. The Morgan fingerprint density at radius 2 is 2.22 bits per heavy atom. The second-order valence-electron chi connectivity index (χ2n) is 4.62. The highest BCUT2D eigenvalue weighted by Crippen LogP contribution is 2.07. The van der Waals surface area contributed by atoms with Crippen LogP contribution >= 0.6 is 0 Å². The highest BCUT2D eigenvalue weighted by atomic mass is 16.2. The molecule has 0 radical (unpaired) electrons. The van der Waals surface area contributed by atoms with Crippen LogP contribution in [0.3, 0.4) is 0 Å². The molecule has 5 heteroatoms. The Labute approximate surface area is 107 Å². The van der Waals surface area contributed by atoms with Gasteiger partial charge in [0.1, 0.15) is 5.82 Å². The van der Waals surface area contributed by atoms with Crippen molar-refractivity contribution in [3.63, 3.8) is 0 Å². The number of carbonyl (C=O) groups excluding carboxylic acids is 2. The molecular formula is C13H19N3O2. The van der Waals surface area contributed by atoms with Gasteiger partial charge in [0.2, 0.25) is 5.91 Å². The van der Waals surface area contributed by atoms with Crippen molar-refractivity contribution in [2.75, 3.05) is 25.0 Å². The molecule has 1 N–H and O–H groups in total. The molecule has 0 aromatic carbocycles. The van der Waals surface area contributed by atoms with E-state index in [9.17, 15) is 9.59 Å². The smallest absolute Gasteiger partial charge is 0.239 e. The lowest BCUT2D eigenvalue weighted by molar-refractivity contribution is -0.119. The monoisotopic (exact) mass is 249 g/mol. The summed E-state index contributed by atoms with van der Waals surface area (Å²) in [6.07, 6.45) is 2.23. The molecule has 1 aromatic rings. The van der Waals surface area contributed by atoms with Crippen molar-refractivity contribution >= 4 is 18.0 Å². The minimum absolute atomic E-state index is 0.0348. The normalized spacial score (nSPS) is 10.2. The van der Waals surface area contributed by atoms with Crippen LogP contribution in [0.5, 0.6) is 0 Å². The third-order valence-corrected chi connectivity index (χ3v) is 2.39. The van der Waals surface area contributed by atoms with E-state index >= 15 is 0 Å². The Hall–Kier alpha value is -1.91.